The number of rotatable bonds is 5. The Balaban J connectivity index is 1.74. The number of esters is 1. The summed E-state index contributed by atoms with van der Waals surface area (Å²) < 4.78 is 5.28. The fraction of sp³-hybridized carbons (Fsp3) is 0.375. The number of ketones is 1. The van der Waals surface area contributed by atoms with Crippen LogP contribution in [0.1, 0.15) is 57.2 Å². The van der Waals surface area contributed by atoms with Crippen molar-refractivity contribution in [1.82, 2.24) is 4.90 Å². The first-order chi connectivity index (χ1) is 13.9. The summed E-state index contributed by atoms with van der Waals surface area (Å²) in [5.74, 6) is -0.616. The molecule has 5 nitrogen and oxygen atoms in total. The maximum atomic E-state index is 13.1. The van der Waals surface area contributed by atoms with E-state index < -0.39 is 5.97 Å². The topological polar surface area (TPSA) is 63.7 Å². The molecule has 5 heteroatoms. The number of likely N-dealkylation sites (tertiary alicyclic amines) is 1. The number of hydrogen-bond acceptors (Lipinski definition) is 4. The molecule has 2 aromatic rings. The molecule has 1 aliphatic heterocycles. The number of ether oxygens (including phenoxy) is 1. The smallest absolute Gasteiger partial charge is 0.339 e. The molecule has 1 atom stereocenters. The number of nitrogens with zero attached hydrogens (tertiary/aromatic N) is 1. The maximum Gasteiger partial charge on any atom is 0.339 e. The van der Waals surface area contributed by atoms with Gasteiger partial charge in [0.05, 0.1) is 5.56 Å². The van der Waals surface area contributed by atoms with Gasteiger partial charge in [0.15, 0.2) is 12.4 Å². The highest BCUT2D eigenvalue weighted by Crippen LogP contribution is 2.20. The van der Waals surface area contributed by atoms with E-state index in [1.165, 1.54) is 0 Å². The van der Waals surface area contributed by atoms with E-state index in [9.17, 15) is 14.4 Å². The predicted molar refractivity (Wildman–Crippen MR) is 111 cm³/mol. The van der Waals surface area contributed by atoms with Crippen LogP contribution in [0.2, 0.25) is 0 Å². The maximum absolute atomic E-state index is 13.1. The molecule has 0 unspecified atom stereocenters. The minimum Gasteiger partial charge on any atom is -0.452 e. The molecule has 0 aliphatic carbocycles. The predicted octanol–water partition coefficient (Wildman–Crippen LogP) is 3.95. The second-order valence-electron chi connectivity index (χ2n) is 7.86. The Kier molecular flexibility index (Phi) is 6.47. The quantitative estimate of drug-likeness (QED) is 0.570. The molecule has 1 aliphatic rings. The summed E-state index contributed by atoms with van der Waals surface area (Å²) in [4.78, 5) is 39.9. The van der Waals surface area contributed by atoms with Crippen LogP contribution in [0.25, 0.3) is 0 Å². The third kappa shape index (κ3) is 4.91. The van der Waals surface area contributed by atoms with Gasteiger partial charge in [-0.15, -0.1) is 0 Å². The first-order valence-corrected chi connectivity index (χ1v) is 10.0. The van der Waals surface area contributed by atoms with Crippen LogP contribution in [0.5, 0.6) is 0 Å². The summed E-state index contributed by atoms with van der Waals surface area (Å²) in [6, 6.07) is 12.2. The van der Waals surface area contributed by atoms with Gasteiger partial charge in [0, 0.05) is 24.2 Å². The minimum atomic E-state index is -0.655. The number of aryl methyl sites for hydroxylation is 2. The van der Waals surface area contributed by atoms with Crippen LogP contribution in [0.3, 0.4) is 0 Å². The molecular formula is C24H27NO4. The summed E-state index contributed by atoms with van der Waals surface area (Å²) in [7, 11) is 0. The molecular weight excluding hydrogens is 366 g/mol. The first-order valence-electron chi connectivity index (χ1n) is 10.0. The van der Waals surface area contributed by atoms with Gasteiger partial charge in [-0.3, -0.25) is 9.59 Å². The Labute approximate surface area is 171 Å². The van der Waals surface area contributed by atoms with Crippen LogP contribution in [-0.2, 0) is 9.53 Å². The third-order valence-corrected chi connectivity index (χ3v) is 5.37. The van der Waals surface area contributed by atoms with E-state index in [4.69, 9.17) is 4.74 Å². The standard InChI is InChI=1S/C24H27NO4/c1-16-10-11-18(3)21(13-16)23(27)19-8-4-5-9-20(19)24(28)29-15-22(26)25-12-6-7-17(2)14-25/h4-5,8-11,13,17H,6-7,12,14-15H2,1-3H3/t17-/m1/s1. The molecule has 0 saturated carbocycles. The van der Waals surface area contributed by atoms with E-state index in [0.717, 1.165) is 24.0 Å². The van der Waals surface area contributed by atoms with Crippen LogP contribution >= 0.6 is 0 Å². The van der Waals surface area contributed by atoms with Crippen molar-refractivity contribution >= 4 is 17.7 Å². The lowest BCUT2D eigenvalue weighted by Gasteiger charge is -2.30. The van der Waals surface area contributed by atoms with Crippen LogP contribution in [0.4, 0.5) is 0 Å². The zero-order valence-electron chi connectivity index (χ0n) is 17.2. The number of hydrogen-bond donors (Lipinski definition) is 0. The minimum absolute atomic E-state index is 0.179. The molecule has 1 saturated heterocycles. The van der Waals surface area contributed by atoms with Crippen LogP contribution in [0, 0.1) is 19.8 Å². The molecule has 0 aromatic heterocycles. The largest absolute Gasteiger partial charge is 0.452 e. The van der Waals surface area contributed by atoms with E-state index in [-0.39, 0.29) is 29.4 Å². The molecule has 29 heavy (non-hydrogen) atoms. The van der Waals surface area contributed by atoms with E-state index in [2.05, 4.69) is 6.92 Å². The molecule has 2 aromatic carbocycles. The van der Waals surface area contributed by atoms with E-state index in [1.54, 1.807) is 29.2 Å². The lowest BCUT2D eigenvalue weighted by molar-refractivity contribution is -0.136. The first kappa shape index (κ1) is 20.8. The van der Waals surface area contributed by atoms with Gasteiger partial charge in [0.1, 0.15) is 0 Å². The van der Waals surface area contributed by atoms with Crippen molar-refractivity contribution in [2.45, 2.75) is 33.6 Å². The molecule has 0 N–H and O–H groups in total. The second kappa shape index (κ2) is 9.03. The Morgan fingerprint density at radius 2 is 1.76 bits per heavy atom. The molecule has 152 valence electrons. The van der Waals surface area contributed by atoms with Crippen molar-refractivity contribution in [2.24, 2.45) is 5.92 Å². The number of benzene rings is 2. The van der Waals surface area contributed by atoms with E-state index in [1.807, 2.05) is 32.0 Å². The summed E-state index contributed by atoms with van der Waals surface area (Å²) in [5.41, 5.74) is 2.84. The molecule has 3 rings (SSSR count). The van der Waals surface area contributed by atoms with Crippen LogP contribution in [0.15, 0.2) is 42.5 Å². The highest BCUT2D eigenvalue weighted by atomic mass is 16.5. The molecule has 1 heterocycles. The van der Waals surface area contributed by atoms with Crippen molar-refractivity contribution in [3.05, 3.63) is 70.3 Å². The average Bonchev–Trinajstić information content (AvgIpc) is 2.73. The Morgan fingerprint density at radius 3 is 2.48 bits per heavy atom. The molecule has 1 fully saturated rings. The van der Waals surface area contributed by atoms with Gasteiger partial charge in [0.25, 0.3) is 5.91 Å². The van der Waals surface area contributed by atoms with Gasteiger partial charge in [-0.2, -0.15) is 0 Å². The second-order valence-corrected chi connectivity index (χ2v) is 7.86. The van der Waals surface area contributed by atoms with Crippen molar-refractivity contribution in [2.75, 3.05) is 19.7 Å². The third-order valence-electron chi connectivity index (χ3n) is 5.37. The lowest BCUT2D eigenvalue weighted by Crippen LogP contribution is -2.41. The zero-order chi connectivity index (χ0) is 21.0. The normalized spacial score (nSPS) is 16.4. The van der Waals surface area contributed by atoms with Crippen molar-refractivity contribution < 1.29 is 19.1 Å². The number of carbonyl (C=O) groups excluding carboxylic acids is 3. The molecule has 1 amide bonds. The summed E-state index contributed by atoms with van der Waals surface area (Å²) in [5, 5.41) is 0. The lowest BCUT2D eigenvalue weighted by atomic mass is 9.94. The zero-order valence-corrected chi connectivity index (χ0v) is 17.2. The fourth-order valence-electron chi connectivity index (χ4n) is 3.70. The Bertz CT molecular complexity index is 934. The van der Waals surface area contributed by atoms with Crippen LogP contribution in [-0.4, -0.2) is 42.3 Å². The van der Waals surface area contributed by atoms with Gasteiger partial charge in [-0.25, -0.2) is 4.79 Å². The average molecular weight is 393 g/mol. The van der Waals surface area contributed by atoms with Gasteiger partial charge < -0.3 is 9.64 Å². The summed E-state index contributed by atoms with van der Waals surface area (Å²) in [6.45, 7) is 6.98. The van der Waals surface area contributed by atoms with Gasteiger partial charge in [-0.1, -0.05) is 42.8 Å². The highest BCUT2D eigenvalue weighted by molar-refractivity contribution is 6.15. The monoisotopic (exact) mass is 393 g/mol. The Morgan fingerprint density at radius 1 is 1.03 bits per heavy atom. The fourth-order valence-corrected chi connectivity index (χ4v) is 3.70. The molecule has 0 bridgehead atoms. The molecule has 0 spiro atoms. The summed E-state index contributed by atoms with van der Waals surface area (Å²) in [6.07, 6.45) is 2.07. The van der Waals surface area contributed by atoms with Gasteiger partial charge >= 0.3 is 5.97 Å². The van der Waals surface area contributed by atoms with Crippen molar-refractivity contribution in [3.63, 3.8) is 0 Å². The number of amides is 1. The molecule has 0 radical (unpaired) electrons. The highest BCUT2D eigenvalue weighted by Gasteiger charge is 2.24. The SMILES string of the molecule is Cc1ccc(C)c(C(=O)c2ccccc2C(=O)OCC(=O)N2CCC[C@@H](C)C2)c1. The van der Waals surface area contributed by atoms with Crippen molar-refractivity contribution in [1.29, 1.82) is 0 Å². The van der Waals surface area contributed by atoms with Gasteiger partial charge in [0.2, 0.25) is 0 Å². The van der Waals surface area contributed by atoms with Gasteiger partial charge in [-0.05, 0) is 50.3 Å². The van der Waals surface area contributed by atoms with E-state index >= 15 is 0 Å². The van der Waals surface area contributed by atoms with Crippen LogP contribution < -0.4 is 0 Å². The number of carbonyl (C=O) groups is 3. The Hall–Kier alpha value is -2.95. The summed E-state index contributed by atoms with van der Waals surface area (Å²) >= 11 is 0. The van der Waals surface area contributed by atoms with E-state index in [0.29, 0.717) is 24.6 Å². The number of piperidine rings is 1. The van der Waals surface area contributed by atoms with Crippen molar-refractivity contribution in [3.8, 4) is 0 Å².